The standard InChI is InChI=1S/C26H40N2O5/c1-17(2)28-24(32)33-22-12-13-25(3)19(20(30)10-11-21(25)26(22,4)16-29)14-23(31)27-15-18-8-6-5-7-9-18/h5-9,17,19-22,29-30H,10-16H2,1-4H3,(H,27,31)(H,28,32)/t19-,20-,21?,22-,25+,26+/m1/s1. The molecule has 2 aliphatic carbocycles. The van der Waals surface area contributed by atoms with Crippen LogP contribution in [0.5, 0.6) is 0 Å². The summed E-state index contributed by atoms with van der Waals surface area (Å²) < 4.78 is 5.78. The molecule has 0 aromatic heterocycles. The maximum absolute atomic E-state index is 12.8. The van der Waals surface area contributed by atoms with Crippen LogP contribution in [0.1, 0.15) is 65.4 Å². The van der Waals surface area contributed by atoms with E-state index in [0.717, 1.165) is 18.4 Å². The number of fused-ring (bicyclic) bond motifs is 1. The second-order valence-corrected chi connectivity index (χ2v) is 10.7. The van der Waals surface area contributed by atoms with Gasteiger partial charge in [-0.05, 0) is 62.3 Å². The highest BCUT2D eigenvalue weighted by Gasteiger charge is 2.60. The average molecular weight is 461 g/mol. The van der Waals surface area contributed by atoms with Crippen molar-refractivity contribution in [3.05, 3.63) is 35.9 Å². The molecule has 33 heavy (non-hydrogen) atoms. The van der Waals surface area contributed by atoms with Gasteiger partial charge in [0.15, 0.2) is 0 Å². The Balaban J connectivity index is 1.73. The number of aliphatic hydroxyl groups excluding tert-OH is 2. The van der Waals surface area contributed by atoms with Crippen LogP contribution in [-0.2, 0) is 16.1 Å². The molecule has 3 rings (SSSR count). The minimum absolute atomic E-state index is 0.0240. The Morgan fingerprint density at radius 2 is 1.85 bits per heavy atom. The molecule has 1 unspecified atom stereocenters. The van der Waals surface area contributed by atoms with E-state index in [1.807, 2.05) is 51.1 Å². The molecule has 2 amide bonds. The van der Waals surface area contributed by atoms with Crippen LogP contribution < -0.4 is 10.6 Å². The Morgan fingerprint density at radius 3 is 2.48 bits per heavy atom. The first-order valence-electron chi connectivity index (χ1n) is 12.2. The van der Waals surface area contributed by atoms with Gasteiger partial charge in [0.25, 0.3) is 0 Å². The number of benzene rings is 1. The summed E-state index contributed by atoms with van der Waals surface area (Å²) in [4.78, 5) is 25.1. The van der Waals surface area contributed by atoms with Gasteiger partial charge in [-0.15, -0.1) is 0 Å². The molecule has 0 heterocycles. The van der Waals surface area contributed by atoms with Crippen LogP contribution in [0.15, 0.2) is 30.3 Å². The molecule has 0 spiro atoms. The monoisotopic (exact) mass is 460 g/mol. The van der Waals surface area contributed by atoms with Crippen molar-refractivity contribution in [1.29, 1.82) is 0 Å². The zero-order valence-corrected chi connectivity index (χ0v) is 20.3. The predicted octanol–water partition coefficient (Wildman–Crippen LogP) is 3.38. The number of amides is 2. The molecule has 0 bridgehead atoms. The highest BCUT2D eigenvalue weighted by molar-refractivity contribution is 5.76. The molecule has 0 saturated heterocycles. The van der Waals surface area contributed by atoms with Crippen LogP contribution in [0.2, 0.25) is 0 Å². The Bertz CT molecular complexity index is 816. The molecule has 4 N–H and O–H groups in total. The lowest BCUT2D eigenvalue weighted by Crippen LogP contribution is -2.61. The van der Waals surface area contributed by atoms with Gasteiger partial charge in [-0.3, -0.25) is 4.79 Å². The van der Waals surface area contributed by atoms with E-state index < -0.39 is 23.7 Å². The Hall–Kier alpha value is -2.12. The van der Waals surface area contributed by atoms with Crippen molar-refractivity contribution in [2.24, 2.45) is 22.7 Å². The number of nitrogens with one attached hydrogen (secondary N) is 2. The van der Waals surface area contributed by atoms with Crippen molar-refractivity contribution in [2.45, 2.75) is 84.6 Å². The Labute approximate surface area is 197 Å². The maximum Gasteiger partial charge on any atom is 0.407 e. The van der Waals surface area contributed by atoms with Crippen molar-refractivity contribution in [2.75, 3.05) is 6.61 Å². The van der Waals surface area contributed by atoms with E-state index in [-0.39, 0.29) is 42.2 Å². The summed E-state index contributed by atoms with van der Waals surface area (Å²) in [5.41, 5.74) is 0.0534. The molecular formula is C26H40N2O5. The molecule has 2 fully saturated rings. The fraction of sp³-hybridized carbons (Fsp3) is 0.692. The van der Waals surface area contributed by atoms with Gasteiger partial charge >= 0.3 is 6.09 Å². The number of carbonyl (C=O) groups excluding carboxylic acids is 2. The topological polar surface area (TPSA) is 108 Å². The van der Waals surface area contributed by atoms with Gasteiger partial charge in [-0.1, -0.05) is 44.2 Å². The van der Waals surface area contributed by atoms with E-state index in [2.05, 4.69) is 17.6 Å². The average Bonchev–Trinajstić information content (AvgIpc) is 2.77. The third-order valence-electron chi connectivity index (χ3n) is 8.07. The van der Waals surface area contributed by atoms with E-state index in [1.165, 1.54) is 0 Å². The SMILES string of the molecule is CC(C)NC(=O)O[C@@H]1CC[C@]2(C)C(CC[C@@H](O)[C@H]2CC(=O)NCc2ccccc2)[C@]1(C)CO. The number of hydrogen-bond donors (Lipinski definition) is 4. The molecule has 2 aliphatic rings. The van der Waals surface area contributed by atoms with Crippen LogP contribution in [-0.4, -0.2) is 47.1 Å². The third kappa shape index (κ3) is 5.52. The minimum Gasteiger partial charge on any atom is -0.446 e. The van der Waals surface area contributed by atoms with Gasteiger partial charge in [0.1, 0.15) is 6.10 Å². The molecule has 2 saturated carbocycles. The van der Waals surface area contributed by atoms with Gasteiger partial charge in [0.2, 0.25) is 5.91 Å². The second-order valence-electron chi connectivity index (χ2n) is 10.7. The van der Waals surface area contributed by atoms with Crippen molar-refractivity contribution in [1.82, 2.24) is 10.6 Å². The molecule has 0 radical (unpaired) electrons. The van der Waals surface area contributed by atoms with Crippen LogP contribution in [0.4, 0.5) is 4.79 Å². The summed E-state index contributed by atoms with van der Waals surface area (Å²) in [5.74, 6) is -0.274. The zero-order valence-electron chi connectivity index (χ0n) is 20.3. The van der Waals surface area contributed by atoms with Crippen molar-refractivity contribution in [3.63, 3.8) is 0 Å². The summed E-state index contributed by atoms with van der Waals surface area (Å²) in [5, 5.41) is 27.1. The van der Waals surface area contributed by atoms with Gasteiger partial charge in [0.05, 0.1) is 12.7 Å². The lowest BCUT2D eigenvalue weighted by molar-refractivity contribution is -0.186. The van der Waals surface area contributed by atoms with Crippen LogP contribution in [0.3, 0.4) is 0 Å². The number of carbonyl (C=O) groups is 2. The van der Waals surface area contributed by atoms with Crippen LogP contribution >= 0.6 is 0 Å². The fourth-order valence-electron chi connectivity index (χ4n) is 6.25. The molecule has 1 aromatic carbocycles. The van der Waals surface area contributed by atoms with Gasteiger partial charge < -0.3 is 25.6 Å². The molecule has 1 aromatic rings. The molecule has 7 nitrogen and oxygen atoms in total. The smallest absolute Gasteiger partial charge is 0.407 e. The second kappa shape index (κ2) is 10.4. The maximum atomic E-state index is 12.8. The van der Waals surface area contributed by atoms with Gasteiger partial charge in [-0.25, -0.2) is 4.79 Å². The number of hydrogen-bond acceptors (Lipinski definition) is 5. The predicted molar refractivity (Wildman–Crippen MR) is 126 cm³/mol. The quantitative estimate of drug-likeness (QED) is 0.499. The minimum atomic E-state index is -0.639. The van der Waals surface area contributed by atoms with Gasteiger partial charge in [0, 0.05) is 24.4 Å². The van der Waals surface area contributed by atoms with E-state index in [9.17, 15) is 19.8 Å². The lowest BCUT2D eigenvalue weighted by atomic mass is 9.46. The highest BCUT2D eigenvalue weighted by Crippen LogP contribution is 2.61. The summed E-state index contributed by atoms with van der Waals surface area (Å²) in [7, 11) is 0. The van der Waals surface area contributed by atoms with E-state index in [4.69, 9.17) is 4.74 Å². The first kappa shape index (κ1) is 25.5. The normalized spacial score (nSPS) is 33.8. The summed E-state index contributed by atoms with van der Waals surface area (Å²) in [6.07, 6.45) is 1.39. The summed E-state index contributed by atoms with van der Waals surface area (Å²) >= 11 is 0. The third-order valence-corrected chi connectivity index (χ3v) is 8.07. The van der Waals surface area contributed by atoms with E-state index in [1.54, 1.807) is 0 Å². The number of ether oxygens (including phenoxy) is 1. The molecule has 0 aliphatic heterocycles. The van der Waals surface area contributed by atoms with Crippen LogP contribution in [0.25, 0.3) is 0 Å². The first-order chi connectivity index (χ1) is 15.6. The Kier molecular flexibility index (Phi) is 8.06. The lowest BCUT2D eigenvalue weighted by Gasteiger charge is -2.60. The summed E-state index contributed by atoms with van der Waals surface area (Å²) in [6.45, 7) is 8.20. The van der Waals surface area contributed by atoms with Crippen LogP contribution in [0, 0.1) is 22.7 Å². The van der Waals surface area contributed by atoms with Crippen molar-refractivity contribution < 1.29 is 24.5 Å². The number of alkyl carbamates (subject to hydrolysis) is 1. The number of rotatable bonds is 7. The zero-order chi connectivity index (χ0) is 24.2. The van der Waals surface area contributed by atoms with Gasteiger partial charge in [-0.2, -0.15) is 0 Å². The van der Waals surface area contributed by atoms with E-state index >= 15 is 0 Å². The Morgan fingerprint density at radius 1 is 1.15 bits per heavy atom. The number of aliphatic hydroxyl groups is 2. The summed E-state index contributed by atoms with van der Waals surface area (Å²) in [6, 6.07) is 9.73. The highest BCUT2D eigenvalue weighted by atomic mass is 16.6. The molecule has 7 heteroatoms. The molecular weight excluding hydrogens is 420 g/mol. The fourth-order valence-corrected chi connectivity index (χ4v) is 6.25. The van der Waals surface area contributed by atoms with E-state index in [0.29, 0.717) is 19.4 Å². The molecule has 6 atom stereocenters. The van der Waals surface area contributed by atoms with Crippen molar-refractivity contribution >= 4 is 12.0 Å². The molecule has 184 valence electrons. The van der Waals surface area contributed by atoms with Crippen molar-refractivity contribution in [3.8, 4) is 0 Å². The largest absolute Gasteiger partial charge is 0.446 e. The first-order valence-corrected chi connectivity index (χ1v) is 12.2.